The molecule has 0 aliphatic carbocycles. The van der Waals surface area contributed by atoms with E-state index in [2.05, 4.69) is 20.9 Å². The fourth-order valence-corrected chi connectivity index (χ4v) is 3.29. The topological polar surface area (TPSA) is 79.1 Å². The third-order valence-electron chi connectivity index (χ3n) is 3.78. The molecule has 0 radical (unpaired) electrons. The van der Waals surface area contributed by atoms with E-state index in [-0.39, 0.29) is 12.1 Å². The number of rotatable bonds is 3. The minimum Gasteiger partial charge on any atom is -0.456 e. The maximum absolute atomic E-state index is 12.2. The third kappa shape index (κ3) is 3.48. The Morgan fingerprint density at radius 3 is 3.13 bits per heavy atom. The Labute approximate surface area is 138 Å². The van der Waals surface area contributed by atoms with Crippen LogP contribution in [0.4, 0.5) is 5.82 Å². The van der Waals surface area contributed by atoms with Gasteiger partial charge in [-0.3, -0.25) is 0 Å². The van der Waals surface area contributed by atoms with Crippen LogP contribution in [-0.4, -0.2) is 35.1 Å². The number of nitrogens with zero attached hydrogens (tertiary/aromatic N) is 4. The summed E-state index contributed by atoms with van der Waals surface area (Å²) in [6.45, 7) is 3.23. The number of anilines is 1. The maximum atomic E-state index is 12.2. The van der Waals surface area contributed by atoms with Gasteiger partial charge in [0.15, 0.2) is 0 Å². The molecule has 7 heteroatoms. The van der Waals surface area contributed by atoms with E-state index in [4.69, 9.17) is 10.00 Å². The number of carbonyl (C=O) groups excluding carboxylic acids is 1. The van der Waals surface area contributed by atoms with Crippen molar-refractivity contribution in [1.82, 2.24) is 9.97 Å². The minimum absolute atomic E-state index is 0.176. The van der Waals surface area contributed by atoms with Crippen molar-refractivity contribution in [3.05, 3.63) is 40.0 Å². The van der Waals surface area contributed by atoms with Gasteiger partial charge in [-0.25, -0.2) is 14.8 Å². The van der Waals surface area contributed by atoms with E-state index in [0.717, 1.165) is 25.2 Å². The molecule has 1 fully saturated rings. The Bertz CT molecular complexity index is 753. The van der Waals surface area contributed by atoms with Gasteiger partial charge in [-0.05, 0) is 31.9 Å². The number of hydrogen-bond acceptors (Lipinski definition) is 7. The summed E-state index contributed by atoms with van der Waals surface area (Å²) in [6.07, 6.45) is 3.20. The number of thiazole rings is 1. The van der Waals surface area contributed by atoms with Crippen LogP contribution in [-0.2, 0) is 4.74 Å². The number of pyridine rings is 1. The first kappa shape index (κ1) is 15.4. The van der Waals surface area contributed by atoms with Crippen molar-refractivity contribution in [1.29, 1.82) is 5.26 Å². The Morgan fingerprint density at radius 2 is 2.39 bits per heavy atom. The van der Waals surface area contributed by atoms with Gasteiger partial charge in [-0.15, -0.1) is 11.3 Å². The van der Waals surface area contributed by atoms with E-state index in [0.29, 0.717) is 22.7 Å². The molecule has 1 atom stereocenters. The van der Waals surface area contributed by atoms with Crippen molar-refractivity contribution in [2.75, 3.05) is 18.0 Å². The second-order valence-electron chi connectivity index (χ2n) is 5.40. The van der Waals surface area contributed by atoms with Gasteiger partial charge < -0.3 is 9.64 Å². The molecule has 2 aromatic rings. The molecular weight excluding hydrogens is 312 g/mol. The normalized spacial score (nSPS) is 17.6. The highest BCUT2D eigenvalue weighted by Gasteiger charge is 2.25. The molecule has 1 aliphatic rings. The first-order valence-electron chi connectivity index (χ1n) is 7.39. The van der Waals surface area contributed by atoms with Gasteiger partial charge in [0.2, 0.25) is 0 Å². The molecule has 0 N–H and O–H groups in total. The summed E-state index contributed by atoms with van der Waals surface area (Å²) in [6, 6.07) is 5.56. The molecule has 0 bridgehead atoms. The SMILES string of the molecule is Cc1ncsc1C(=O)O[C@@H]1CCCN(c2cc(C#N)ccn2)C1. The van der Waals surface area contributed by atoms with Crippen molar-refractivity contribution in [3.63, 3.8) is 0 Å². The number of aryl methyl sites for hydroxylation is 1. The van der Waals surface area contributed by atoms with Crippen molar-refractivity contribution >= 4 is 23.1 Å². The van der Waals surface area contributed by atoms with Gasteiger partial charge in [0.25, 0.3) is 0 Å². The molecule has 2 aromatic heterocycles. The average Bonchev–Trinajstić information content (AvgIpc) is 3.01. The second-order valence-corrected chi connectivity index (χ2v) is 6.25. The summed E-state index contributed by atoms with van der Waals surface area (Å²) < 4.78 is 5.62. The molecule has 0 amide bonds. The zero-order valence-corrected chi connectivity index (χ0v) is 13.5. The van der Waals surface area contributed by atoms with Gasteiger partial charge in [0, 0.05) is 12.7 Å². The molecule has 0 aromatic carbocycles. The number of hydrogen-bond donors (Lipinski definition) is 0. The van der Waals surface area contributed by atoms with E-state index in [9.17, 15) is 4.79 Å². The van der Waals surface area contributed by atoms with Crippen molar-refractivity contribution in [3.8, 4) is 6.07 Å². The molecular formula is C16H16N4O2S. The maximum Gasteiger partial charge on any atom is 0.350 e. The molecule has 3 heterocycles. The van der Waals surface area contributed by atoms with E-state index in [1.807, 2.05) is 0 Å². The zero-order chi connectivity index (χ0) is 16.2. The molecule has 118 valence electrons. The molecule has 3 rings (SSSR count). The predicted octanol–water partition coefficient (Wildman–Crippen LogP) is 2.54. The number of esters is 1. The van der Waals surface area contributed by atoms with E-state index in [1.165, 1.54) is 11.3 Å². The molecule has 1 aliphatic heterocycles. The minimum atomic E-state index is -0.310. The van der Waals surface area contributed by atoms with Crippen LogP contribution < -0.4 is 4.90 Å². The van der Waals surface area contributed by atoms with E-state index in [1.54, 1.807) is 30.8 Å². The van der Waals surface area contributed by atoms with Crippen LogP contribution in [0.2, 0.25) is 0 Å². The van der Waals surface area contributed by atoms with Crippen LogP contribution in [0.15, 0.2) is 23.8 Å². The van der Waals surface area contributed by atoms with E-state index >= 15 is 0 Å². The smallest absolute Gasteiger partial charge is 0.350 e. The first-order valence-corrected chi connectivity index (χ1v) is 8.27. The number of carbonyl (C=O) groups is 1. The highest BCUT2D eigenvalue weighted by molar-refractivity contribution is 7.11. The molecule has 6 nitrogen and oxygen atoms in total. The standard InChI is InChI=1S/C16H16N4O2S/c1-11-15(23-10-19-11)16(21)22-13-3-2-6-20(9-13)14-7-12(8-17)4-5-18-14/h4-5,7,10,13H,2-3,6,9H2,1H3/t13-/m1/s1. The zero-order valence-electron chi connectivity index (χ0n) is 12.7. The Kier molecular flexibility index (Phi) is 4.53. The Morgan fingerprint density at radius 1 is 1.52 bits per heavy atom. The summed E-state index contributed by atoms with van der Waals surface area (Å²) in [5, 5.41) is 8.99. The molecule has 0 saturated carbocycles. The fraction of sp³-hybridized carbons (Fsp3) is 0.375. The van der Waals surface area contributed by atoms with Crippen LogP contribution in [0.1, 0.15) is 33.8 Å². The Balaban J connectivity index is 1.67. The molecule has 0 spiro atoms. The summed E-state index contributed by atoms with van der Waals surface area (Å²) >= 11 is 1.30. The quantitative estimate of drug-likeness (QED) is 0.806. The highest BCUT2D eigenvalue weighted by Crippen LogP contribution is 2.22. The molecule has 1 saturated heterocycles. The van der Waals surface area contributed by atoms with Crippen LogP contribution in [0.5, 0.6) is 0 Å². The van der Waals surface area contributed by atoms with Crippen molar-refractivity contribution in [2.24, 2.45) is 0 Å². The Hall–Kier alpha value is -2.46. The first-order chi connectivity index (χ1) is 11.2. The van der Waals surface area contributed by atoms with Crippen molar-refractivity contribution in [2.45, 2.75) is 25.9 Å². The number of piperidine rings is 1. The third-order valence-corrected chi connectivity index (χ3v) is 4.69. The van der Waals surface area contributed by atoms with Gasteiger partial charge in [-0.2, -0.15) is 5.26 Å². The fourth-order valence-electron chi connectivity index (χ4n) is 2.61. The summed E-state index contributed by atoms with van der Waals surface area (Å²) in [5.74, 6) is 0.439. The lowest BCUT2D eigenvalue weighted by atomic mass is 10.1. The second kappa shape index (κ2) is 6.75. The lowest BCUT2D eigenvalue weighted by Crippen LogP contribution is -2.41. The number of aromatic nitrogens is 2. The largest absolute Gasteiger partial charge is 0.456 e. The molecule has 0 unspecified atom stereocenters. The van der Waals surface area contributed by atoms with Gasteiger partial charge in [0.05, 0.1) is 29.4 Å². The van der Waals surface area contributed by atoms with Crippen LogP contribution in [0.25, 0.3) is 0 Å². The van der Waals surface area contributed by atoms with Gasteiger partial charge in [-0.1, -0.05) is 0 Å². The average molecular weight is 328 g/mol. The number of nitriles is 1. The summed E-state index contributed by atoms with van der Waals surface area (Å²) in [7, 11) is 0. The lowest BCUT2D eigenvalue weighted by molar-refractivity contribution is 0.0274. The van der Waals surface area contributed by atoms with Crippen LogP contribution in [0.3, 0.4) is 0 Å². The van der Waals surface area contributed by atoms with Crippen molar-refractivity contribution < 1.29 is 9.53 Å². The van der Waals surface area contributed by atoms with Crippen LogP contribution >= 0.6 is 11.3 Å². The summed E-state index contributed by atoms with van der Waals surface area (Å²) in [5.41, 5.74) is 2.93. The molecule has 23 heavy (non-hydrogen) atoms. The monoisotopic (exact) mass is 328 g/mol. The van der Waals surface area contributed by atoms with E-state index < -0.39 is 0 Å². The van der Waals surface area contributed by atoms with Crippen LogP contribution in [0, 0.1) is 18.3 Å². The highest BCUT2D eigenvalue weighted by atomic mass is 32.1. The summed E-state index contributed by atoms with van der Waals surface area (Å²) in [4.78, 5) is 23.2. The number of ether oxygens (including phenoxy) is 1. The van der Waals surface area contributed by atoms with Gasteiger partial charge >= 0.3 is 5.97 Å². The predicted molar refractivity (Wildman–Crippen MR) is 86.5 cm³/mol. The lowest BCUT2D eigenvalue weighted by Gasteiger charge is -2.33. The van der Waals surface area contributed by atoms with Gasteiger partial charge in [0.1, 0.15) is 16.8 Å².